The van der Waals surface area contributed by atoms with E-state index in [4.69, 9.17) is 17.3 Å². The lowest BCUT2D eigenvalue weighted by molar-refractivity contribution is 0.849. The standard InChI is InChI=1S/C10H11ClN2/c1-13-9(6-12)5-7-4-8(11)2-3-10(7)13/h2-5H,6,12H2,1H3. The molecule has 0 bridgehead atoms. The van der Waals surface area contributed by atoms with Crippen LogP contribution in [0.1, 0.15) is 5.69 Å². The van der Waals surface area contributed by atoms with E-state index >= 15 is 0 Å². The first kappa shape index (κ1) is 8.60. The topological polar surface area (TPSA) is 30.9 Å². The van der Waals surface area contributed by atoms with Gasteiger partial charge in [-0.2, -0.15) is 0 Å². The van der Waals surface area contributed by atoms with Gasteiger partial charge in [0.15, 0.2) is 0 Å². The Morgan fingerprint density at radius 1 is 1.38 bits per heavy atom. The maximum absolute atomic E-state index is 5.88. The first-order chi connectivity index (χ1) is 6.22. The normalized spacial score (nSPS) is 11.0. The summed E-state index contributed by atoms with van der Waals surface area (Å²) in [6, 6.07) is 7.93. The third kappa shape index (κ3) is 1.32. The second kappa shape index (κ2) is 3.05. The molecule has 13 heavy (non-hydrogen) atoms. The fourth-order valence-corrected chi connectivity index (χ4v) is 1.75. The van der Waals surface area contributed by atoms with Crippen molar-refractivity contribution in [2.45, 2.75) is 6.54 Å². The number of rotatable bonds is 1. The molecule has 2 N–H and O–H groups in total. The predicted octanol–water partition coefficient (Wildman–Crippen LogP) is 2.29. The number of benzene rings is 1. The molecule has 68 valence electrons. The number of halogens is 1. The number of nitrogens with two attached hydrogens (primary N) is 1. The van der Waals surface area contributed by atoms with Gasteiger partial charge in [0.1, 0.15) is 0 Å². The number of fused-ring (bicyclic) bond motifs is 1. The van der Waals surface area contributed by atoms with Crippen molar-refractivity contribution in [3.63, 3.8) is 0 Å². The zero-order valence-corrected chi connectivity index (χ0v) is 8.17. The van der Waals surface area contributed by atoms with E-state index in [1.807, 2.05) is 25.2 Å². The fraction of sp³-hybridized carbons (Fsp3) is 0.200. The van der Waals surface area contributed by atoms with Crippen LogP contribution in [-0.2, 0) is 13.6 Å². The van der Waals surface area contributed by atoms with Crippen LogP contribution in [0.3, 0.4) is 0 Å². The Kier molecular flexibility index (Phi) is 2.02. The summed E-state index contributed by atoms with van der Waals surface area (Å²) in [5.74, 6) is 0. The summed E-state index contributed by atoms with van der Waals surface area (Å²) in [6.45, 7) is 0.558. The van der Waals surface area contributed by atoms with Crippen LogP contribution < -0.4 is 5.73 Å². The minimum absolute atomic E-state index is 0.558. The van der Waals surface area contributed by atoms with Crippen LogP contribution in [0.2, 0.25) is 5.02 Å². The number of hydrogen-bond donors (Lipinski definition) is 1. The lowest BCUT2D eigenvalue weighted by Crippen LogP contribution is -2.02. The van der Waals surface area contributed by atoms with Gasteiger partial charge < -0.3 is 10.3 Å². The summed E-state index contributed by atoms with van der Waals surface area (Å²) in [5, 5.41) is 1.91. The highest BCUT2D eigenvalue weighted by atomic mass is 35.5. The Balaban J connectivity index is 2.76. The maximum atomic E-state index is 5.88. The van der Waals surface area contributed by atoms with Gasteiger partial charge >= 0.3 is 0 Å². The zero-order chi connectivity index (χ0) is 9.42. The Labute approximate surface area is 81.9 Å². The van der Waals surface area contributed by atoms with E-state index in [2.05, 4.69) is 10.6 Å². The summed E-state index contributed by atoms with van der Waals surface area (Å²) >= 11 is 5.88. The van der Waals surface area contributed by atoms with Crippen LogP contribution in [0.25, 0.3) is 10.9 Å². The highest BCUT2D eigenvalue weighted by Crippen LogP contribution is 2.22. The Morgan fingerprint density at radius 2 is 2.15 bits per heavy atom. The minimum Gasteiger partial charge on any atom is -0.346 e. The van der Waals surface area contributed by atoms with Gasteiger partial charge in [0.2, 0.25) is 0 Å². The average molecular weight is 195 g/mol. The molecule has 0 saturated heterocycles. The molecule has 0 radical (unpaired) electrons. The van der Waals surface area contributed by atoms with E-state index in [1.165, 1.54) is 5.52 Å². The lowest BCUT2D eigenvalue weighted by Gasteiger charge is -1.99. The van der Waals surface area contributed by atoms with E-state index in [0.717, 1.165) is 16.1 Å². The van der Waals surface area contributed by atoms with Crippen molar-refractivity contribution in [1.82, 2.24) is 4.57 Å². The van der Waals surface area contributed by atoms with E-state index in [-0.39, 0.29) is 0 Å². The predicted molar refractivity (Wildman–Crippen MR) is 55.8 cm³/mol. The quantitative estimate of drug-likeness (QED) is 0.742. The number of aryl methyl sites for hydroxylation is 1. The molecular formula is C10H11ClN2. The van der Waals surface area contributed by atoms with Gasteiger partial charge in [-0.1, -0.05) is 11.6 Å². The van der Waals surface area contributed by atoms with Crippen molar-refractivity contribution in [1.29, 1.82) is 0 Å². The van der Waals surface area contributed by atoms with Crippen LogP contribution in [0.4, 0.5) is 0 Å². The monoisotopic (exact) mass is 194 g/mol. The Morgan fingerprint density at radius 3 is 2.85 bits per heavy atom. The van der Waals surface area contributed by atoms with Crippen LogP contribution in [0.15, 0.2) is 24.3 Å². The van der Waals surface area contributed by atoms with E-state index in [9.17, 15) is 0 Å². The minimum atomic E-state index is 0.558. The van der Waals surface area contributed by atoms with E-state index in [1.54, 1.807) is 0 Å². The van der Waals surface area contributed by atoms with Gasteiger partial charge in [-0.15, -0.1) is 0 Å². The van der Waals surface area contributed by atoms with Gasteiger partial charge in [-0.3, -0.25) is 0 Å². The molecule has 0 fully saturated rings. The molecular weight excluding hydrogens is 184 g/mol. The van der Waals surface area contributed by atoms with Crippen molar-refractivity contribution in [3.8, 4) is 0 Å². The number of nitrogens with zero attached hydrogens (tertiary/aromatic N) is 1. The van der Waals surface area contributed by atoms with Crippen molar-refractivity contribution < 1.29 is 0 Å². The van der Waals surface area contributed by atoms with Crippen LogP contribution >= 0.6 is 11.6 Å². The molecule has 0 aliphatic heterocycles. The van der Waals surface area contributed by atoms with Crippen molar-refractivity contribution in [2.75, 3.05) is 0 Å². The maximum Gasteiger partial charge on any atom is 0.0481 e. The molecule has 1 aromatic heterocycles. The molecule has 0 spiro atoms. The summed E-state index contributed by atoms with van der Waals surface area (Å²) in [4.78, 5) is 0. The summed E-state index contributed by atoms with van der Waals surface area (Å²) in [5.41, 5.74) is 7.89. The van der Waals surface area contributed by atoms with E-state index < -0.39 is 0 Å². The second-order valence-corrected chi connectivity index (χ2v) is 3.54. The molecule has 2 nitrogen and oxygen atoms in total. The van der Waals surface area contributed by atoms with Crippen molar-refractivity contribution in [3.05, 3.63) is 35.0 Å². The average Bonchev–Trinajstić information content (AvgIpc) is 2.42. The smallest absolute Gasteiger partial charge is 0.0481 e. The largest absolute Gasteiger partial charge is 0.346 e. The zero-order valence-electron chi connectivity index (χ0n) is 7.42. The second-order valence-electron chi connectivity index (χ2n) is 3.10. The summed E-state index contributed by atoms with van der Waals surface area (Å²) < 4.78 is 2.09. The molecule has 0 aliphatic carbocycles. The molecule has 3 heteroatoms. The van der Waals surface area contributed by atoms with Crippen LogP contribution in [0.5, 0.6) is 0 Å². The molecule has 0 saturated carbocycles. The SMILES string of the molecule is Cn1c(CN)cc2cc(Cl)ccc21. The third-order valence-corrected chi connectivity index (χ3v) is 2.55. The molecule has 2 aromatic rings. The fourth-order valence-electron chi connectivity index (χ4n) is 1.57. The molecule has 0 amide bonds. The Bertz CT molecular complexity index is 445. The number of aromatic nitrogens is 1. The highest BCUT2D eigenvalue weighted by molar-refractivity contribution is 6.31. The lowest BCUT2D eigenvalue weighted by atomic mass is 10.2. The molecule has 1 aromatic carbocycles. The Hall–Kier alpha value is -0.990. The summed E-state index contributed by atoms with van der Waals surface area (Å²) in [7, 11) is 2.01. The van der Waals surface area contributed by atoms with Gasteiger partial charge in [0.05, 0.1) is 0 Å². The van der Waals surface area contributed by atoms with Crippen LogP contribution in [-0.4, -0.2) is 4.57 Å². The van der Waals surface area contributed by atoms with E-state index in [0.29, 0.717) is 6.54 Å². The summed E-state index contributed by atoms with van der Waals surface area (Å²) in [6.07, 6.45) is 0. The molecule has 0 atom stereocenters. The van der Waals surface area contributed by atoms with Gasteiger partial charge in [0.25, 0.3) is 0 Å². The first-order valence-electron chi connectivity index (χ1n) is 4.16. The van der Waals surface area contributed by atoms with Crippen molar-refractivity contribution in [2.24, 2.45) is 12.8 Å². The highest BCUT2D eigenvalue weighted by Gasteiger charge is 2.03. The molecule has 0 unspecified atom stereocenters. The molecule has 0 aliphatic rings. The van der Waals surface area contributed by atoms with Gasteiger partial charge in [-0.05, 0) is 24.3 Å². The third-order valence-electron chi connectivity index (χ3n) is 2.31. The molecule has 1 heterocycles. The molecule has 2 rings (SSSR count). The van der Waals surface area contributed by atoms with Gasteiger partial charge in [0, 0.05) is 35.2 Å². The van der Waals surface area contributed by atoms with Crippen LogP contribution in [0, 0.1) is 0 Å². The van der Waals surface area contributed by atoms with Gasteiger partial charge in [-0.25, -0.2) is 0 Å². The van der Waals surface area contributed by atoms with Crippen molar-refractivity contribution >= 4 is 22.5 Å². The number of hydrogen-bond acceptors (Lipinski definition) is 1. The first-order valence-corrected chi connectivity index (χ1v) is 4.54.